The van der Waals surface area contributed by atoms with Crippen LogP contribution in [-0.2, 0) is 4.87 Å². The van der Waals surface area contributed by atoms with E-state index in [-0.39, 0.29) is 0 Å². The first-order valence-electron chi connectivity index (χ1n) is 5.09. The molecule has 2 aromatic rings. The van der Waals surface area contributed by atoms with Gasteiger partial charge in [-0.1, -0.05) is 12.1 Å². The Hall–Kier alpha value is -1.35. The van der Waals surface area contributed by atoms with Gasteiger partial charge in [0.2, 0.25) is 0 Å². The van der Waals surface area contributed by atoms with Crippen LogP contribution in [0, 0.1) is 12.1 Å². The molecule has 0 spiro atoms. The lowest BCUT2D eigenvalue weighted by atomic mass is 10.1. The molecule has 3 nitrogen and oxygen atoms in total. The fourth-order valence-electron chi connectivity index (χ4n) is 1.68. The average Bonchev–Trinajstić information content (AvgIpc) is 2.22. The topological polar surface area (TPSA) is 39.8 Å². The summed E-state index contributed by atoms with van der Waals surface area (Å²) in [6, 6.07) is 7.56. The van der Waals surface area contributed by atoms with Crippen molar-refractivity contribution < 1.29 is 4.73 Å². The van der Waals surface area contributed by atoms with E-state index in [9.17, 15) is 5.21 Å². The quantitative estimate of drug-likeness (QED) is 0.434. The first-order chi connectivity index (χ1) is 7.41. The lowest BCUT2D eigenvalue weighted by molar-refractivity contribution is -0.625. The molecule has 0 saturated heterocycles. The number of rotatable bonds is 1. The molecule has 1 aromatic carbocycles. The summed E-state index contributed by atoms with van der Waals surface area (Å²) in [7, 11) is 0. The fraction of sp³-hybridized carbons (Fsp3) is 0.333. The predicted molar refractivity (Wildman–Crippen MR) is 64.3 cm³/mol. The molecular formula is C12H13ClN2O. The largest absolute Gasteiger partial charge is 0.710 e. The van der Waals surface area contributed by atoms with E-state index in [2.05, 4.69) is 4.98 Å². The molecule has 1 aromatic heterocycles. The van der Waals surface area contributed by atoms with Crippen molar-refractivity contribution in [1.29, 1.82) is 0 Å². The Kier molecular flexibility index (Phi) is 2.50. The van der Waals surface area contributed by atoms with Gasteiger partial charge in [-0.05, 0) is 37.9 Å². The second kappa shape index (κ2) is 3.59. The molecule has 0 saturated carbocycles. The highest BCUT2D eigenvalue weighted by Crippen LogP contribution is 2.25. The highest BCUT2D eigenvalue weighted by Gasteiger charge is 2.30. The van der Waals surface area contributed by atoms with Crippen LogP contribution in [-0.4, -0.2) is 4.98 Å². The van der Waals surface area contributed by atoms with E-state index in [1.54, 1.807) is 20.8 Å². The molecule has 0 aliphatic heterocycles. The fourth-order valence-corrected chi connectivity index (χ4v) is 1.80. The van der Waals surface area contributed by atoms with E-state index >= 15 is 0 Å². The summed E-state index contributed by atoms with van der Waals surface area (Å²) in [4.78, 5) is 3.56. The minimum Gasteiger partial charge on any atom is -0.710 e. The predicted octanol–water partition coefficient (Wildman–Crippen LogP) is 2.65. The molecule has 2 rings (SSSR count). The molecule has 84 valence electrons. The number of halogens is 1. The first-order valence-corrected chi connectivity index (χ1v) is 5.47. The summed E-state index contributed by atoms with van der Waals surface area (Å²) >= 11 is 6.15. The summed E-state index contributed by atoms with van der Waals surface area (Å²) in [5.74, 6) is 0.338. The number of nitrogens with zero attached hydrogens (tertiary/aromatic N) is 2. The lowest BCUT2D eigenvalue weighted by Crippen LogP contribution is -2.41. The molecule has 0 aliphatic rings. The number of hydrogen-bond acceptors (Lipinski definition) is 2. The van der Waals surface area contributed by atoms with Crippen LogP contribution in [0.3, 0.4) is 0 Å². The molecule has 0 bridgehead atoms. The van der Waals surface area contributed by atoms with Crippen molar-refractivity contribution in [3.63, 3.8) is 0 Å². The van der Waals surface area contributed by atoms with Gasteiger partial charge in [-0.3, -0.25) is 0 Å². The van der Waals surface area contributed by atoms with Crippen molar-refractivity contribution in [1.82, 2.24) is 4.98 Å². The number of aromatic nitrogens is 2. The highest BCUT2D eigenvalue weighted by atomic mass is 35.5. The van der Waals surface area contributed by atoms with Gasteiger partial charge in [-0.15, -0.1) is 11.6 Å². The molecule has 0 radical (unpaired) electrons. The molecule has 0 aliphatic carbocycles. The SMILES string of the molecule is Cc1c2ccccc2nc(C(C)(C)Cl)[n+]1[O-]. The van der Waals surface area contributed by atoms with Crippen LogP contribution < -0.4 is 4.73 Å². The van der Waals surface area contributed by atoms with Crippen molar-refractivity contribution in [2.45, 2.75) is 25.6 Å². The van der Waals surface area contributed by atoms with Crippen molar-refractivity contribution in [2.24, 2.45) is 0 Å². The molecule has 4 heteroatoms. The normalized spacial score (nSPS) is 12.0. The summed E-state index contributed by atoms with van der Waals surface area (Å²) in [5.41, 5.74) is 1.44. The van der Waals surface area contributed by atoms with Gasteiger partial charge in [0.25, 0.3) is 0 Å². The lowest BCUT2D eigenvalue weighted by Gasteiger charge is -2.17. The van der Waals surface area contributed by atoms with Crippen LogP contribution in [0.5, 0.6) is 0 Å². The van der Waals surface area contributed by atoms with E-state index in [1.807, 2.05) is 24.3 Å². The Morgan fingerprint density at radius 1 is 1.31 bits per heavy atom. The van der Waals surface area contributed by atoms with Crippen molar-refractivity contribution in [3.8, 4) is 0 Å². The van der Waals surface area contributed by atoms with Gasteiger partial charge in [0, 0.05) is 0 Å². The molecule has 0 N–H and O–H groups in total. The standard InChI is InChI=1S/C12H13ClN2O/c1-8-9-6-4-5-7-10(9)14-11(15(8)16)12(2,3)13/h4-7H,1-3H3. The minimum atomic E-state index is -0.767. The Morgan fingerprint density at radius 2 is 1.94 bits per heavy atom. The second-order valence-corrected chi connectivity index (χ2v) is 5.25. The van der Waals surface area contributed by atoms with E-state index in [0.717, 1.165) is 15.6 Å². The van der Waals surface area contributed by atoms with Crippen molar-refractivity contribution in [3.05, 3.63) is 41.0 Å². The van der Waals surface area contributed by atoms with E-state index < -0.39 is 4.87 Å². The second-order valence-electron chi connectivity index (χ2n) is 4.30. The van der Waals surface area contributed by atoms with Crippen LogP contribution in [0.15, 0.2) is 24.3 Å². The molecule has 16 heavy (non-hydrogen) atoms. The van der Waals surface area contributed by atoms with E-state index in [0.29, 0.717) is 11.5 Å². The Labute approximate surface area is 99.3 Å². The monoisotopic (exact) mass is 236 g/mol. The zero-order valence-electron chi connectivity index (χ0n) is 9.49. The van der Waals surface area contributed by atoms with Gasteiger partial charge < -0.3 is 5.21 Å². The van der Waals surface area contributed by atoms with Crippen LogP contribution in [0.1, 0.15) is 25.4 Å². The van der Waals surface area contributed by atoms with Gasteiger partial charge in [0.15, 0.2) is 5.52 Å². The maximum Gasteiger partial charge on any atom is 0.322 e. The Morgan fingerprint density at radius 3 is 2.56 bits per heavy atom. The Balaban J connectivity index is 2.84. The molecule has 0 atom stereocenters. The summed E-state index contributed by atoms with van der Waals surface area (Å²) < 4.78 is 0.815. The maximum atomic E-state index is 12.0. The molecule has 0 amide bonds. The number of para-hydroxylation sites is 1. The van der Waals surface area contributed by atoms with Gasteiger partial charge in [-0.2, -0.15) is 0 Å². The van der Waals surface area contributed by atoms with Gasteiger partial charge >= 0.3 is 5.82 Å². The third kappa shape index (κ3) is 1.71. The third-order valence-corrected chi connectivity index (χ3v) is 2.72. The van der Waals surface area contributed by atoms with E-state index in [1.165, 1.54) is 0 Å². The molecule has 0 fully saturated rings. The highest BCUT2D eigenvalue weighted by molar-refractivity contribution is 6.23. The number of benzene rings is 1. The number of aryl methyl sites for hydroxylation is 1. The van der Waals surface area contributed by atoms with Crippen LogP contribution in [0.2, 0.25) is 0 Å². The number of hydrogen-bond donors (Lipinski definition) is 0. The summed E-state index contributed by atoms with van der Waals surface area (Å²) in [6.07, 6.45) is 0. The molecule has 1 heterocycles. The average molecular weight is 237 g/mol. The van der Waals surface area contributed by atoms with Crippen molar-refractivity contribution >= 4 is 22.5 Å². The first kappa shape index (κ1) is 11.1. The van der Waals surface area contributed by atoms with Crippen LogP contribution in [0.4, 0.5) is 0 Å². The number of fused-ring (bicyclic) bond motifs is 1. The summed E-state index contributed by atoms with van der Waals surface area (Å²) in [6.45, 7) is 5.31. The molecule has 0 unspecified atom stereocenters. The summed E-state index contributed by atoms with van der Waals surface area (Å²) in [5, 5.41) is 12.9. The minimum absolute atomic E-state index is 0.338. The van der Waals surface area contributed by atoms with Gasteiger partial charge in [0.1, 0.15) is 10.6 Å². The van der Waals surface area contributed by atoms with Crippen LogP contribution in [0.25, 0.3) is 10.9 Å². The van der Waals surface area contributed by atoms with Gasteiger partial charge in [-0.25, -0.2) is 4.73 Å². The number of alkyl halides is 1. The zero-order valence-corrected chi connectivity index (χ0v) is 10.2. The van der Waals surface area contributed by atoms with Crippen LogP contribution >= 0.6 is 11.6 Å². The third-order valence-electron chi connectivity index (χ3n) is 2.55. The smallest absolute Gasteiger partial charge is 0.322 e. The Bertz CT molecular complexity index is 546. The van der Waals surface area contributed by atoms with Gasteiger partial charge in [0.05, 0.1) is 5.39 Å². The maximum absolute atomic E-state index is 12.0. The van der Waals surface area contributed by atoms with Crippen molar-refractivity contribution in [2.75, 3.05) is 0 Å². The zero-order chi connectivity index (χ0) is 11.9. The van der Waals surface area contributed by atoms with E-state index in [4.69, 9.17) is 11.6 Å². The molecular weight excluding hydrogens is 224 g/mol.